The summed E-state index contributed by atoms with van der Waals surface area (Å²) in [7, 11) is 0. The minimum atomic E-state index is -0.285. The Bertz CT molecular complexity index is 957. The number of rotatable bonds is 4. The fraction of sp³-hybridized carbons (Fsp3) is 0.462. The molecule has 166 valence electrons. The standard InChI is InChI=1S/C26H28N2O4/c29-23-13-14-24(30)27(23)21-9-5-19(6-10-21)17-1-2-18(4-3-17)20-7-11-22(12-8-20)28-25(31)15-16-26(28)32/h5-6,9-10,13-18,20,22H,1-4,7-8,11-12H2. The Kier molecular flexibility index (Phi) is 5.53. The molecule has 0 unspecified atom stereocenters. The van der Waals surface area contributed by atoms with E-state index in [-0.39, 0.29) is 29.7 Å². The van der Waals surface area contributed by atoms with Crippen LogP contribution in [0.1, 0.15) is 62.8 Å². The molecule has 2 heterocycles. The van der Waals surface area contributed by atoms with Gasteiger partial charge >= 0.3 is 0 Å². The predicted molar refractivity (Wildman–Crippen MR) is 120 cm³/mol. The highest BCUT2D eigenvalue weighted by Crippen LogP contribution is 2.44. The third-order valence-corrected chi connectivity index (χ3v) is 7.82. The van der Waals surface area contributed by atoms with Gasteiger partial charge in [0.2, 0.25) is 0 Å². The van der Waals surface area contributed by atoms with Crippen LogP contribution in [0.15, 0.2) is 48.6 Å². The molecule has 4 aliphatic rings. The second kappa shape index (κ2) is 8.49. The number of carbonyl (C=O) groups excluding carboxylic acids is 4. The lowest BCUT2D eigenvalue weighted by Gasteiger charge is -2.39. The number of amides is 4. The van der Waals surface area contributed by atoms with Crippen LogP contribution in [0.2, 0.25) is 0 Å². The maximum absolute atomic E-state index is 11.9. The molecule has 0 aromatic heterocycles. The van der Waals surface area contributed by atoms with Crippen molar-refractivity contribution in [3.8, 4) is 0 Å². The summed E-state index contributed by atoms with van der Waals surface area (Å²) < 4.78 is 0. The molecule has 0 atom stereocenters. The van der Waals surface area contributed by atoms with Gasteiger partial charge in [0.25, 0.3) is 23.6 Å². The number of benzene rings is 1. The Morgan fingerprint density at radius 2 is 1.03 bits per heavy atom. The van der Waals surface area contributed by atoms with Crippen LogP contribution in [-0.4, -0.2) is 34.6 Å². The van der Waals surface area contributed by atoms with Crippen molar-refractivity contribution in [3.05, 3.63) is 54.1 Å². The number of imide groups is 2. The van der Waals surface area contributed by atoms with Crippen molar-refractivity contribution in [2.24, 2.45) is 11.8 Å². The van der Waals surface area contributed by atoms with Crippen LogP contribution in [-0.2, 0) is 19.2 Å². The number of anilines is 1. The van der Waals surface area contributed by atoms with Gasteiger partial charge in [-0.05, 0) is 86.8 Å². The topological polar surface area (TPSA) is 74.8 Å². The van der Waals surface area contributed by atoms with Gasteiger partial charge in [-0.1, -0.05) is 12.1 Å². The van der Waals surface area contributed by atoms with Crippen LogP contribution >= 0.6 is 0 Å². The highest BCUT2D eigenvalue weighted by atomic mass is 16.2. The van der Waals surface area contributed by atoms with Gasteiger partial charge in [-0.2, -0.15) is 0 Å². The molecular formula is C26H28N2O4. The quantitative estimate of drug-likeness (QED) is 0.677. The van der Waals surface area contributed by atoms with E-state index in [4.69, 9.17) is 0 Å². The monoisotopic (exact) mass is 432 g/mol. The van der Waals surface area contributed by atoms with Crippen molar-refractivity contribution in [2.75, 3.05) is 4.90 Å². The summed E-state index contributed by atoms with van der Waals surface area (Å²) in [5.74, 6) is 1.06. The van der Waals surface area contributed by atoms with E-state index >= 15 is 0 Å². The first-order valence-corrected chi connectivity index (χ1v) is 11.7. The second-order valence-electron chi connectivity index (χ2n) is 9.50. The van der Waals surface area contributed by atoms with E-state index in [1.165, 1.54) is 52.5 Å². The van der Waals surface area contributed by atoms with E-state index < -0.39 is 0 Å². The lowest BCUT2D eigenvalue weighted by Crippen LogP contribution is -2.42. The lowest BCUT2D eigenvalue weighted by atomic mass is 9.69. The summed E-state index contributed by atoms with van der Waals surface area (Å²) in [4.78, 5) is 50.3. The number of nitrogens with zero attached hydrogens (tertiary/aromatic N) is 2. The van der Waals surface area contributed by atoms with E-state index in [2.05, 4.69) is 12.1 Å². The zero-order chi connectivity index (χ0) is 22.2. The number of carbonyl (C=O) groups is 4. The molecule has 0 saturated heterocycles. The molecule has 1 aromatic carbocycles. The van der Waals surface area contributed by atoms with Gasteiger partial charge in [0, 0.05) is 30.3 Å². The van der Waals surface area contributed by atoms with Gasteiger partial charge in [0.15, 0.2) is 0 Å². The van der Waals surface area contributed by atoms with E-state index in [1.54, 1.807) is 0 Å². The molecule has 1 aromatic rings. The van der Waals surface area contributed by atoms with Crippen molar-refractivity contribution in [2.45, 2.75) is 63.3 Å². The van der Waals surface area contributed by atoms with Gasteiger partial charge in [0.1, 0.15) is 0 Å². The minimum Gasteiger partial charge on any atom is -0.272 e. The van der Waals surface area contributed by atoms with Crippen LogP contribution in [0.3, 0.4) is 0 Å². The summed E-state index contributed by atoms with van der Waals surface area (Å²) in [6, 6.07) is 7.94. The molecule has 0 radical (unpaired) electrons. The molecule has 0 N–H and O–H groups in total. The second-order valence-corrected chi connectivity index (χ2v) is 9.50. The smallest absolute Gasteiger partial charge is 0.258 e. The first-order valence-electron chi connectivity index (χ1n) is 11.7. The fourth-order valence-electron chi connectivity index (χ4n) is 6.08. The molecule has 6 heteroatoms. The maximum Gasteiger partial charge on any atom is 0.258 e. The zero-order valence-corrected chi connectivity index (χ0v) is 18.1. The average Bonchev–Trinajstić information content (AvgIpc) is 3.34. The SMILES string of the molecule is O=C1C=CC(=O)N1c1ccc(C2CCC(C3CCC(N4C(=O)C=CC4=O)CC3)CC2)cc1. The first kappa shape index (κ1) is 20.9. The van der Waals surface area contributed by atoms with E-state index in [9.17, 15) is 19.2 Å². The molecular weight excluding hydrogens is 404 g/mol. The van der Waals surface area contributed by atoms with Crippen LogP contribution in [0.25, 0.3) is 0 Å². The zero-order valence-electron chi connectivity index (χ0n) is 18.1. The Hall–Kier alpha value is -3.02. The Labute approximate surface area is 187 Å². The van der Waals surface area contributed by atoms with E-state index in [1.807, 2.05) is 12.1 Å². The predicted octanol–water partition coefficient (Wildman–Crippen LogP) is 3.87. The van der Waals surface area contributed by atoms with Crippen molar-refractivity contribution < 1.29 is 19.2 Å². The largest absolute Gasteiger partial charge is 0.272 e. The fourth-order valence-corrected chi connectivity index (χ4v) is 6.08. The molecule has 4 amide bonds. The first-order chi connectivity index (χ1) is 15.5. The highest BCUT2D eigenvalue weighted by Gasteiger charge is 2.37. The Balaban J connectivity index is 1.13. The van der Waals surface area contributed by atoms with Crippen molar-refractivity contribution in [3.63, 3.8) is 0 Å². The summed E-state index contributed by atoms with van der Waals surface area (Å²) in [6.07, 6.45) is 14.2. The normalized spacial score (nSPS) is 30.6. The molecule has 2 aliphatic carbocycles. The Morgan fingerprint density at radius 3 is 1.56 bits per heavy atom. The van der Waals surface area contributed by atoms with Crippen molar-refractivity contribution >= 4 is 29.3 Å². The third kappa shape index (κ3) is 3.83. The number of hydrogen-bond acceptors (Lipinski definition) is 4. The summed E-state index contributed by atoms with van der Waals surface area (Å²) in [6.45, 7) is 0. The van der Waals surface area contributed by atoms with E-state index in [0.717, 1.165) is 44.4 Å². The van der Waals surface area contributed by atoms with E-state index in [0.29, 0.717) is 17.5 Å². The molecule has 2 saturated carbocycles. The van der Waals surface area contributed by atoms with Gasteiger partial charge in [0.05, 0.1) is 5.69 Å². The molecule has 0 bridgehead atoms. The van der Waals surface area contributed by atoms with Gasteiger partial charge in [-0.25, -0.2) is 4.90 Å². The van der Waals surface area contributed by atoms with Crippen LogP contribution < -0.4 is 4.90 Å². The molecule has 2 fully saturated rings. The summed E-state index contributed by atoms with van der Waals surface area (Å²) >= 11 is 0. The number of hydrogen-bond donors (Lipinski definition) is 0. The molecule has 5 rings (SSSR count). The average molecular weight is 433 g/mol. The third-order valence-electron chi connectivity index (χ3n) is 7.82. The molecule has 32 heavy (non-hydrogen) atoms. The van der Waals surface area contributed by atoms with Crippen LogP contribution in [0.4, 0.5) is 5.69 Å². The summed E-state index contributed by atoms with van der Waals surface area (Å²) in [5.41, 5.74) is 1.91. The summed E-state index contributed by atoms with van der Waals surface area (Å²) in [5, 5.41) is 0. The molecule has 6 nitrogen and oxygen atoms in total. The van der Waals surface area contributed by atoms with Crippen LogP contribution in [0.5, 0.6) is 0 Å². The molecule has 2 aliphatic heterocycles. The van der Waals surface area contributed by atoms with Gasteiger partial charge < -0.3 is 0 Å². The molecule has 0 spiro atoms. The minimum absolute atomic E-state index is 0.0701. The van der Waals surface area contributed by atoms with Crippen molar-refractivity contribution in [1.29, 1.82) is 0 Å². The maximum atomic E-state index is 11.9. The van der Waals surface area contributed by atoms with Gasteiger partial charge in [-0.15, -0.1) is 0 Å². The Morgan fingerprint density at radius 1 is 0.562 bits per heavy atom. The highest BCUT2D eigenvalue weighted by molar-refractivity contribution is 6.28. The van der Waals surface area contributed by atoms with Crippen molar-refractivity contribution in [1.82, 2.24) is 4.90 Å². The van der Waals surface area contributed by atoms with Gasteiger partial charge in [-0.3, -0.25) is 24.1 Å². The van der Waals surface area contributed by atoms with Crippen LogP contribution in [0, 0.1) is 11.8 Å². The lowest BCUT2D eigenvalue weighted by molar-refractivity contribution is -0.140.